The zero-order chi connectivity index (χ0) is 14.3. The molecule has 0 saturated heterocycles. The summed E-state index contributed by atoms with van der Waals surface area (Å²) in [6.45, 7) is 7.59. The van der Waals surface area contributed by atoms with Gasteiger partial charge in [0.25, 0.3) is 0 Å². The van der Waals surface area contributed by atoms with Gasteiger partial charge in [0.1, 0.15) is 6.61 Å². The Labute approximate surface area is 115 Å². The maximum atomic E-state index is 9.71. The van der Waals surface area contributed by atoms with Gasteiger partial charge < -0.3 is 19.9 Å². The molecule has 0 bridgehead atoms. The van der Waals surface area contributed by atoms with Gasteiger partial charge >= 0.3 is 0 Å². The van der Waals surface area contributed by atoms with Gasteiger partial charge in [-0.1, -0.05) is 13.0 Å². The van der Waals surface area contributed by atoms with Crippen LogP contribution in [0.5, 0.6) is 11.5 Å². The van der Waals surface area contributed by atoms with Crippen LogP contribution in [0.2, 0.25) is 0 Å². The molecule has 2 N–H and O–H groups in total. The minimum Gasteiger partial charge on any atom is -0.493 e. The van der Waals surface area contributed by atoms with Gasteiger partial charge in [0, 0.05) is 6.54 Å². The van der Waals surface area contributed by atoms with E-state index in [9.17, 15) is 5.11 Å². The van der Waals surface area contributed by atoms with Crippen LogP contribution in [0.15, 0.2) is 18.2 Å². The first-order valence-electron chi connectivity index (χ1n) is 6.69. The Hall–Kier alpha value is -1.26. The molecule has 108 valence electrons. The third-order valence-electron chi connectivity index (χ3n) is 2.56. The summed E-state index contributed by atoms with van der Waals surface area (Å²) in [6.07, 6.45) is 1.11. The van der Waals surface area contributed by atoms with Crippen molar-refractivity contribution in [1.82, 2.24) is 5.32 Å². The average molecular weight is 267 g/mol. The summed E-state index contributed by atoms with van der Waals surface area (Å²) in [5.74, 6) is 1.35. The van der Waals surface area contributed by atoms with Crippen LogP contribution in [0.4, 0.5) is 0 Å². The predicted molar refractivity (Wildman–Crippen MR) is 76.8 cm³/mol. The first kappa shape index (κ1) is 15.8. The smallest absolute Gasteiger partial charge is 0.161 e. The summed E-state index contributed by atoms with van der Waals surface area (Å²) in [4.78, 5) is 0. The molecule has 0 unspecified atom stereocenters. The number of ether oxygens (including phenoxy) is 2. The van der Waals surface area contributed by atoms with Crippen molar-refractivity contribution in [2.45, 2.75) is 39.3 Å². The van der Waals surface area contributed by atoms with Crippen molar-refractivity contribution >= 4 is 0 Å². The van der Waals surface area contributed by atoms with E-state index >= 15 is 0 Å². The maximum Gasteiger partial charge on any atom is 0.161 e. The molecule has 1 rings (SSSR count). The predicted octanol–water partition coefficient (Wildman–Crippen LogP) is 2.34. The lowest BCUT2D eigenvalue weighted by atomic mass is 10.1. The highest BCUT2D eigenvalue weighted by atomic mass is 16.5. The second kappa shape index (κ2) is 7.36. The highest BCUT2D eigenvalue weighted by molar-refractivity contribution is 5.43. The molecule has 0 aliphatic heterocycles. The molecule has 0 aliphatic carbocycles. The Kier molecular flexibility index (Phi) is 6.12. The third-order valence-corrected chi connectivity index (χ3v) is 2.56. The van der Waals surface area contributed by atoms with Crippen LogP contribution in [0, 0.1) is 0 Å². The lowest BCUT2D eigenvalue weighted by molar-refractivity contribution is 0.0276. The van der Waals surface area contributed by atoms with E-state index in [1.165, 1.54) is 0 Å². The molecule has 4 nitrogen and oxygen atoms in total. The Morgan fingerprint density at radius 1 is 1.26 bits per heavy atom. The quantitative estimate of drug-likeness (QED) is 0.710. The average Bonchev–Trinajstić information content (AvgIpc) is 2.36. The topological polar surface area (TPSA) is 50.7 Å². The van der Waals surface area contributed by atoms with Crippen LogP contribution in [0.25, 0.3) is 0 Å². The van der Waals surface area contributed by atoms with E-state index in [4.69, 9.17) is 9.47 Å². The van der Waals surface area contributed by atoms with Crippen molar-refractivity contribution in [3.05, 3.63) is 23.8 Å². The van der Waals surface area contributed by atoms with E-state index in [-0.39, 0.29) is 6.61 Å². The minimum atomic E-state index is -0.860. The lowest BCUT2D eigenvalue weighted by Gasteiger charge is -2.19. The molecule has 0 aromatic heterocycles. The van der Waals surface area contributed by atoms with Crippen LogP contribution in [-0.2, 0) is 6.54 Å². The van der Waals surface area contributed by atoms with Crippen molar-refractivity contribution in [2.24, 2.45) is 0 Å². The van der Waals surface area contributed by atoms with Gasteiger partial charge in [-0.05, 0) is 44.5 Å². The van der Waals surface area contributed by atoms with Crippen molar-refractivity contribution < 1.29 is 14.6 Å². The van der Waals surface area contributed by atoms with Gasteiger partial charge in [0.15, 0.2) is 11.5 Å². The number of benzene rings is 1. The van der Waals surface area contributed by atoms with Gasteiger partial charge in [-0.15, -0.1) is 0 Å². The molecule has 19 heavy (non-hydrogen) atoms. The van der Waals surface area contributed by atoms with Crippen molar-refractivity contribution in [1.29, 1.82) is 0 Å². The molecule has 0 spiro atoms. The summed E-state index contributed by atoms with van der Waals surface area (Å²) >= 11 is 0. The zero-order valence-electron chi connectivity index (χ0n) is 12.3. The second-order valence-electron chi connectivity index (χ2n) is 5.26. The van der Waals surface area contributed by atoms with E-state index in [1.54, 1.807) is 21.0 Å². The highest BCUT2D eigenvalue weighted by Crippen LogP contribution is 2.28. The number of rotatable bonds is 8. The van der Waals surface area contributed by atoms with Crippen LogP contribution in [0.1, 0.15) is 32.8 Å². The molecule has 1 aromatic carbocycles. The van der Waals surface area contributed by atoms with E-state index in [2.05, 4.69) is 12.2 Å². The molecular weight excluding hydrogens is 242 g/mol. The second-order valence-corrected chi connectivity index (χ2v) is 5.26. The zero-order valence-corrected chi connectivity index (χ0v) is 12.3. The maximum absolute atomic E-state index is 9.71. The minimum absolute atomic E-state index is 0.231. The largest absolute Gasteiger partial charge is 0.493 e. The number of hydrogen-bond acceptors (Lipinski definition) is 4. The SMILES string of the molecule is CCCNCc1ccc(OC)c(OCC(C)(C)O)c1. The van der Waals surface area contributed by atoms with E-state index in [1.807, 2.05) is 18.2 Å². The van der Waals surface area contributed by atoms with Crippen molar-refractivity contribution in [3.8, 4) is 11.5 Å². The Morgan fingerprint density at radius 3 is 2.58 bits per heavy atom. The van der Waals surface area contributed by atoms with Gasteiger partial charge in [-0.2, -0.15) is 0 Å². The molecule has 0 aliphatic rings. The number of nitrogens with one attached hydrogen (secondary N) is 1. The third kappa shape index (κ3) is 5.94. The number of methoxy groups -OCH3 is 1. The van der Waals surface area contributed by atoms with Crippen LogP contribution < -0.4 is 14.8 Å². The molecular formula is C15H25NO3. The first-order chi connectivity index (χ1) is 8.96. The van der Waals surface area contributed by atoms with Crippen LogP contribution >= 0.6 is 0 Å². The van der Waals surface area contributed by atoms with Crippen molar-refractivity contribution in [2.75, 3.05) is 20.3 Å². The molecule has 0 heterocycles. The van der Waals surface area contributed by atoms with Gasteiger partial charge in [-0.3, -0.25) is 0 Å². The summed E-state index contributed by atoms with van der Waals surface area (Å²) in [6, 6.07) is 5.86. The van der Waals surface area contributed by atoms with Crippen molar-refractivity contribution in [3.63, 3.8) is 0 Å². The number of hydrogen-bond donors (Lipinski definition) is 2. The lowest BCUT2D eigenvalue weighted by Crippen LogP contribution is -2.28. The Balaban J connectivity index is 2.72. The summed E-state index contributed by atoms with van der Waals surface area (Å²) in [7, 11) is 1.61. The fourth-order valence-corrected chi connectivity index (χ4v) is 1.61. The molecule has 0 radical (unpaired) electrons. The fourth-order valence-electron chi connectivity index (χ4n) is 1.61. The molecule has 0 amide bonds. The summed E-state index contributed by atoms with van der Waals surface area (Å²) < 4.78 is 10.9. The summed E-state index contributed by atoms with van der Waals surface area (Å²) in [5, 5.41) is 13.0. The first-order valence-corrected chi connectivity index (χ1v) is 6.69. The molecule has 4 heteroatoms. The van der Waals surface area contributed by atoms with E-state index in [0.29, 0.717) is 11.5 Å². The molecule has 1 aromatic rings. The highest BCUT2D eigenvalue weighted by Gasteiger charge is 2.15. The van der Waals surface area contributed by atoms with Gasteiger partial charge in [0.2, 0.25) is 0 Å². The van der Waals surface area contributed by atoms with Gasteiger partial charge in [-0.25, -0.2) is 0 Å². The van der Waals surface area contributed by atoms with Crippen LogP contribution in [0.3, 0.4) is 0 Å². The number of aliphatic hydroxyl groups is 1. The Morgan fingerprint density at radius 2 is 2.00 bits per heavy atom. The molecule has 0 saturated carbocycles. The molecule has 0 fully saturated rings. The standard InChI is InChI=1S/C15H25NO3/c1-5-8-16-10-12-6-7-13(18-4)14(9-12)19-11-15(2,3)17/h6-7,9,16-17H,5,8,10-11H2,1-4H3. The normalized spacial score (nSPS) is 11.4. The monoisotopic (exact) mass is 267 g/mol. The fraction of sp³-hybridized carbons (Fsp3) is 0.600. The van der Waals surface area contributed by atoms with Gasteiger partial charge in [0.05, 0.1) is 12.7 Å². The Bertz CT molecular complexity index is 385. The van der Waals surface area contributed by atoms with E-state index in [0.717, 1.165) is 25.1 Å². The van der Waals surface area contributed by atoms with Crippen LogP contribution in [-0.4, -0.2) is 31.0 Å². The molecule has 0 atom stereocenters. The van der Waals surface area contributed by atoms with E-state index < -0.39 is 5.60 Å². The summed E-state index contributed by atoms with van der Waals surface area (Å²) in [5.41, 5.74) is 0.279.